The third-order valence-electron chi connectivity index (χ3n) is 16.1. The van der Waals surface area contributed by atoms with Crippen LogP contribution in [0.25, 0.3) is 22.3 Å². The minimum Gasteiger partial charge on any atom is -0.311 e. The van der Waals surface area contributed by atoms with Crippen LogP contribution in [0.1, 0.15) is 104 Å². The molecular weight excluding hydrogens is 882 g/mol. The molecule has 0 saturated carbocycles. The molecule has 0 atom stereocenters. The molecule has 9 aromatic rings. The Balaban J connectivity index is 1.18. The highest BCUT2D eigenvalue weighted by molar-refractivity contribution is 7.00. The summed E-state index contributed by atoms with van der Waals surface area (Å²) in [5.74, 6) is 0. The molecule has 0 amide bonds. The van der Waals surface area contributed by atoms with Crippen molar-refractivity contribution in [1.29, 1.82) is 0 Å². The number of para-hydroxylation sites is 2. The highest BCUT2D eigenvalue weighted by Gasteiger charge is 2.45. The van der Waals surface area contributed by atoms with Crippen LogP contribution in [0.3, 0.4) is 0 Å². The molecule has 9 aromatic carbocycles. The molecule has 0 radical (unpaired) electrons. The zero-order valence-corrected chi connectivity index (χ0v) is 44.5. The van der Waals surface area contributed by atoms with Gasteiger partial charge in [0.15, 0.2) is 0 Å². The second-order valence-electron chi connectivity index (χ2n) is 24.3. The lowest BCUT2D eigenvalue weighted by Gasteiger charge is -2.46. The normalized spacial score (nSPS) is 14.3. The van der Waals surface area contributed by atoms with Crippen LogP contribution in [0.15, 0.2) is 200 Å². The largest absolute Gasteiger partial charge is 0.311 e. The van der Waals surface area contributed by atoms with Crippen LogP contribution in [0.5, 0.6) is 0 Å². The van der Waals surface area contributed by atoms with E-state index in [0.717, 1.165) is 22.7 Å². The Bertz CT molecular complexity index is 3610. The Morgan fingerprint density at radius 3 is 1.62 bits per heavy atom. The van der Waals surface area contributed by atoms with Crippen molar-refractivity contribution < 1.29 is 0 Å². The Morgan fingerprint density at radius 1 is 0.384 bits per heavy atom. The van der Waals surface area contributed by atoms with Gasteiger partial charge < -0.3 is 14.7 Å². The summed E-state index contributed by atoms with van der Waals surface area (Å²) in [6.07, 6.45) is 0. The van der Waals surface area contributed by atoms with E-state index in [9.17, 15) is 0 Å². The lowest BCUT2D eigenvalue weighted by atomic mass is 9.33. The van der Waals surface area contributed by atoms with Gasteiger partial charge in [-0.15, -0.1) is 0 Å². The third kappa shape index (κ3) is 7.63. The monoisotopic (exact) mass is 948 g/mol. The van der Waals surface area contributed by atoms with Crippen molar-refractivity contribution in [2.75, 3.05) is 14.7 Å². The number of fused-ring (bicyclic) bond motifs is 7. The van der Waals surface area contributed by atoms with E-state index in [-0.39, 0.29) is 28.4 Å². The van der Waals surface area contributed by atoms with Crippen LogP contribution in [0, 0.1) is 0 Å². The van der Waals surface area contributed by atoms with Gasteiger partial charge >= 0.3 is 0 Å². The van der Waals surface area contributed by atoms with Gasteiger partial charge in [0.25, 0.3) is 6.71 Å². The highest BCUT2D eigenvalue weighted by Crippen LogP contribution is 2.53. The predicted molar refractivity (Wildman–Crippen MR) is 314 cm³/mol. The van der Waals surface area contributed by atoms with E-state index in [1.807, 2.05) is 0 Å². The van der Waals surface area contributed by atoms with Crippen molar-refractivity contribution in [3.8, 4) is 22.3 Å². The quantitative estimate of drug-likeness (QED) is 0.154. The van der Waals surface area contributed by atoms with Gasteiger partial charge in [-0.2, -0.15) is 0 Å². The molecule has 0 aromatic heterocycles. The van der Waals surface area contributed by atoms with Crippen molar-refractivity contribution >= 4 is 74.3 Å². The number of hydrogen-bond donors (Lipinski definition) is 0. The van der Waals surface area contributed by atoms with Gasteiger partial charge in [-0.3, -0.25) is 0 Å². The van der Waals surface area contributed by atoms with E-state index in [1.54, 1.807) is 0 Å². The van der Waals surface area contributed by atoms with Crippen LogP contribution >= 0.6 is 0 Å². The molecule has 2 aliphatic heterocycles. The average molecular weight is 948 g/mol. The van der Waals surface area contributed by atoms with Crippen molar-refractivity contribution in [1.82, 2.24) is 0 Å². The molecule has 0 bridgehead atoms. The summed E-state index contributed by atoms with van der Waals surface area (Å²) in [6, 6.07) is 76.0. The second kappa shape index (κ2) is 16.8. The topological polar surface area (TPSA) is 9.72 Å². The summed E-state index contributed by atoms with van der Waals surface area (Å²) in [5.41, 5.74) is 25.9. The maximum absolute atomic E-state index is 2.63. The third-order valence-corrected chi connectivity index (χ3v) is 16.1. The molecule has 360 valence electrons. The molecular formula is C69H66BN3. The van der Waals surface area contributed by atoms with Crippen molar-refractivity contribution in [3.63, 3.8) is 0 Å². The molecule has 12 rings (SSSR count). The van der Waals surface area contributed by atoms with Crippen LogP contribution in [-0.2, 0) is 21.7 Å². The first-order chi connectivity index (χ1) is 34.9. The van der Waals surface area contributed by atoms with Gasteiger partial charge in [0.05, 0.1) is 5.69 Å². The zero-order valence-electron chi connectivity index (χ0n) is 44.5. The SMILES string of the molecule is CC(C)(C)c1ccc(N2c3ccc(C(C)(C)C)cc3B3c4ccc(N(c5ccccc5)c5ccccc5-c5ccccc5)cc4N(c4ccc5c(c4)-c4ccccc4C5(C)C)c4cc(C(C)(C)C)cc2c43)cc1. The summed E-state index contributed by atoms with van der Waals surface area (Å²) in [7, 11) is 0. The predicted octanol–water partition coefficient (Wildman–Crippen LogP) is 17.1. The molecule has 0 spiro atoms. The van der Waals surface area contributed by atoms with Gasteiger partial charge in [0.2, 0.25) is 0 Å². The fourth-order valence-electron chi connectivity index (χ4n) is 12.1. The van der Waals surface area contributed by atoms with Crippen molar-refractivity contribution in [3.05, 3.63) is 228 Å². The van der Waals surface area contributed by atoms with E-state index >= 15 is 0 Å². The average Bonchev–Trinajstić information content (AvgIpc) is 3.61. The fourth-order valence-corrected chi connectivity index (χ4v) is 12.1. The first-order valence-corrected chi connectivity index (χ1v) is 26.3. The Morgan fingerprint density at radius 2 is 0.945 bits per heavy atom. The minimum atomic E-state index is -0.154. The summed E-state index contributed by atoms with van der Waals surface area (Å²) >= 11 is 0. The first kappa shape index (κ1) is 46.5. The first-order valence-electron chi connectivity index (χ1n) is 26.3. The Kier molecular flexibility index (Phi) is 10.7. The van der Waals surface area contributed by atoms with E-state index < -0.39 is 0 Å². The number of nitrogens with zero attached hydrogens (tertiary/aromatic N) is 3. The number of rotatable bonds is 6. The van der Waals surface area contributed by atoms with Gasteiger partial charge in [0, 0.05) is 56.5 Å². The van der Waals surface area contributed by atoms with Crippen LogP contribution < -0.4 is 31.1 Å². The molecule has 4 heteroatoms. The number of anilines is 9. The molecule has 3 aliphatic rings. The lowest BCUT2D eigenvalue weighted by molar-refractivity contribution is 0.589. The number of benzene rings is 9. The summed E-state index contributed by atoms with van der Waals surface area (Å²) in [5, 5.41) is 0. The molecule has 0 N–H and O–H groups in total. The van der Waals surface area contributed by atoms with E-state index in [4.69, 9.17) is 0 Å². The molecule has 3 nitrogen and oxygen atoms in total. The summed E-state index contributed by atoms with van der Waals surface area (Å²) < 4.78 is 0. The smallest absolute Gasteiger partial charge is 0.252 e. The van der Waals surface area contributed by atoms with E-state index in [2.05, 4.69) is 291 Å². The molecule has 73 heavy (non-hydrogen) atoms. The van der Waals surface area contributed by atoms with E-state index in [0.29, 0.717) is 0 Å². The van der Waals surface area contributed by atoms with Crippen LogP contribution in [-0.4, -0.2) is 6.71 Å². The molecule has 0 fully saturated rings. The zero-order chi connectivity index (χ0) is 50.8. The summed E-state index contributed by atoms with van der Waals surface area (Å²) in [4.78, 5) is 7.67. The molecule has 2 heterocycles. The Labute approximate surface area is 434 Å². The minimum absolute atomic E-state index is 0.0325. The van der Waals surface area contributed by atoms with Gasteiger partial charge in [-0.1, -0.05) is 204 Å². The Hall–Kier alpha value is -7.56. The molecule has 0 unspecified atom stereocenters. The maximum Gasteiger partial charge on any atom is 0.252 e. The second-order valence-corrected chi connectivity index (χ2v) is 24.3. The van der Waals surface area contributed by atoms with Gasteiger partial charge in [0.1, 0.15) is 0 Å². The van der Waals surface area contributed by atoms with Crippen LogP contribution in [0.2, 0.25) is 0 Å². The lowest BCUT2D eigenvalue weighted by Crippen LogP contribution is -2.61. The standard InChI is InChI=1S/C69H66BN3/c1-66(2,3)46-30-33-50(34-31-46)72-61-39-32-47(67(4,5)6)40-59(61)70-58-38-36-52(71(49-24-16-13-17-25-49)60-29-21-19-26-53(60)45-22-14-12-15-23-45)44-62(58)73(64-42-48(68(7,8)9)41-63(72)65(64)70)51-35-37-57-55(43-51)54-27-18-20-28-56(54)69(57,10)11/h12-44H,1-11H3. The maximum atomic E-state index is 2.63. The molecule has 1 aliphatic carbocycles. The van der Waals surface area contributed by atoms with Gasteiger partial charge in [-0.25, -0.2) is 0 Å². The highest BCUT2D eigenvalue weighted by atomic mass is 15.2. The number of hydrogen-bond acceptors (Lipinski definition) is 3. The fraction of sp³-hybridized carbons (Fsp3) is 0.217. The van der Waals surface area contributed by atoms with Crippen LogP contribution in [0.4, 0.5) is 51.2 Å². The van der Waals surface area contributed by atoms with Crippen molar-refractivity contribution in [2.45, 2.75) is 97.8 Å². The van der Waals surface area contributed by atoms with Crippen molar-refractivity contribution in [2.24, 2.45) is 0 Å². The summed E-state index contributed by atoms with van der Waals surface area (Å²) in [6.45, 7) is 25.8. The van der Waals surface area contributed by atoms with E-state index in [1.165, 1.54) is 94.9 Å². The van der Waals surface area contributed by atoms with Gasteiger partial charge in [-0.05, 0) is 150 Å². The molecule has 0 saturated heterocycles.